The van der Waals surface area contributed by atoms with Crippen molar-refractivity contribution in [2.45, 2.75) is 18.3 Å². The van der Waals surface area contributed by atoms with E-state index in [4.69, 9.17) is 23.7 Å². The Labute approximate surface area is 296 Å². The van der Waals surface area contributed by atoms with Crippen molar-refractivity contribution < 1.29 is 47.7 Å². The van der Waals surface area contributed by atoms with Gasteiger partial charge in [-0.1, -0.05) is 0 Å². The third-order valence-corrected chi connectivity index (χ3v) is 6.74. The van der Waals surface area contributed by atoms with Gasteiger partial charge in [0.2, 0.25) is 0 Å². The third kappa shape index (κ3) is 10.7. The van der Waals surface area contributed by atoms with Crippen LogP contribution in [0, 0.1) is 0 Å². The SMILES string of the molecule is Cl.O=C(OC[C@H](OC(=O)c1cccnc1)C(OC(=O)c1cccnc1)[C@@H](COC(=O)c1cccnc1)OC(=O)c1cccnc1)c1cccnc1. The highest BCUT2D eigenvalue weighted by atomic mass is 35.5. The second-order valence-electron chi connectivity index (χ2n) is 10.2. The largest absolute Gasteiger partial charge is 0.458 e. The van der Waals surface area contributed by atoms with Crippen LogP contribution in [0.25, 0.3) is 0 Å². The number of halogens is 1. The van der Waals surface area contributed by atoms with Gasteiger partial charge in [0.05, 0.1) is 27.8 Å². The monoisotopic (exact) mass is 713 g/mol. The van der Waals surface area contributed by atoms with Gasteiger partial charge in [-0.3, -0.25) is 24.9 Å². The molecule has 5 aromatic rings. The third-order valence-electron chi connectivity index (χ3n) is 6.74. The van der Waals surface area contributed by atoms with E-state index >= 15 is 0 Å². The van der Waals surface area contributed by atoms with Gasteiger partial charge in [0.1, 0.15) is 13.2 Å². The molecule has 0 aromatic carbocycles. The fraction of sp³-hybridized carbons (Fsp3) is 0.143. The molecule has 0 aliphatic rings. The van der Waals surface area contributed by atoms with Gasteiger partial charge in [-0.15, -0.1) is 12.4 Å². The van der Waals surface area contributed by atoms with Crippen molar-refractivity contribution in [3.63, 3.8) is 0 Å². The first-order valence-electron chi connectivity index (χ1n) is 14.9. The van der Waals surface area contributed by atoms with E-state index in [1.807, 2.05) is 0 Å². The molecule has 51 heavy (non-hydrogen) atoms. The van der Waals surface area contributed by atoms with Crippen molar-refractivity contribution in [2.24, 2.45) is 0 Å². The predicted octanol–water partition coefficient (Wildman–Crippen LogP) is 3.77. The molecule has 15 nitrogen and oxygen atoms in total. The number of hydrogen-bond donors (Lipinski definition) is 0. The zero-order valence-corrected chi connectivity index (χ0v) is 27.2. The van der Waals surface area contributed by atoms with Crippen LogP contribution < -0.4 is 0 Å². The lowest BCUT2D eigenvalue weighted by molar-refractivity contribution is -0.112. The molecule has 5 rings (SSSR count). The van der Waals surface area contributed by atoms with Crippen LogP contribution in [0.1, 0.15) is 51.8 Å². The number of ether oxygens (including phenoxy) is 5. The number of nitrogens with zero attached hydrogens (tertiary/aromatic N) is 5. The highest BCUT2D eigenvalue weighted by Gasteiger charge is 2.41. The maximum Gasteiger partial charge on any atom is 0.340 e. The van der Waals surface area contributed by atoms with E-state index in [1.165, 1.54) is 123 Å². The van der Waals surface area contributed by atoms with Crippen molar-refractivity contribution in [2.75, 3.05) is 13.2 Å². The van der Waals surface area contributed by atoms with E-state index in [-0.39, 0.29) is 40.2 Å². The molecule has 5 aromatic heterocycles. The average Bonchev–Trinajstić information content (AvgIpc) is 3.18. The highest BCUT2D eigenvalue weighted by molar-refractivity contribution is 5.92. The molecule has 0 aliphatic heterocycles. The molecule has 0 amide bonds. The Balaban J connectivity index is 0.00000583. The van der Waals surface area contributed by atoms with E-state index in [2.05, 4.69) is 24.9 Å². The molecule has 3 atom stereocenters. The Morgan fingerprint density at radius 2 is 0.706 bits per heavy atom. The number of rotatable bonds is 14. The summed E-state index contributed by atoms with van der Waals surface area (Å²) in [5, 5.41) is 0. The Kier molecular flexibility index (Phi) is 13.7. The van der Waals surface area contributed by atoms with E-state index in [1.54, 1.807) is 0 Å². The van der Waals surface area contributed by atoms with Gasteiger partial charge in [0, 0.05) is 62.0 Å². The quantitative estimate of drug-likeness (QED) is 0.119. The molecular formula is C35H28ClN5O10. The van der Waals surface area contributed by atoms with Crippen LogP contribution in [0.3, 0.4) is 0 Å². The highest BCUT2D eigenvalue weighted by Crippen LogP contribution is 2.21. The van der Waals surface area contributed by atoms with Crippen LogP contribution in [0.4, 0.5) is 0 Å². The molecule has 0 fully saturated rings. The second-order valence-corrected chi connectivity index (χ2v) is 10.2. The topological polar surface area (TPSA) is 196 Å². The summed E-state index contributed by atoms with van der Waals surface area (Å²) in [6.45, 7) is -1.44. The van der Waals surface area contributed by atoms with Crippen LogP contribution in [-0.4, -0.2) is 86.3 Å². The molecule has 0 N–H and O–H groups in total. The molecule has 260 valence electrons. The smallest absolute Gasteiger partial charge is 0.340 e. The molecule has 1 unspecified atom stereocenters. The first kappa shape index (κ1) is 37.2. The summed E-state index contributed by atoms with van der Waals surface area (Å²) in [5.74, 6) is -4.60. The fourth-order valence-electron chi connectivity index (χ4n) is 4.29. The van der Waals surface area contributed by atoms with Crippen molar-refractivity contribution in [3.05, 3.63) is 150 Å². The summed E-state index contributed by atoms with van der Waals surface area (Å²) in [5.41, 5.74) is 0.116. The summed E-state index contributed by atoms with van der Waals surface area (Å²) in [4.78, 5) is 85.8. The summed E-state index contributed by atoms with van der Waals surface area (Å²) >= 11 is 0. The fourth-order valence-corrected chi connectivity index (χ4v) is 4.29. The van der Waals surface area contributed by atoms with Gasteiger partial charge >= 0.3 is 29.8 Å². The average molecular weight is 714 g/mol. The Morgan fingerprint density at radius 1 is 0.431 bits per heavy atom. The Bertz CT molecular complexity index is 1780. The summed E-state index contributed by atoms with van der Waals surface area (Å²) in [6.07, 6.45) is 8.34. The summed E-state index contributed by atoms with van der Waals surface area (Å²) < 4.78 is 28.3. The minimum absolute atomic E-state index is 0. The van der Waals surface area contributed by atoms with Crippen molar-refractivity contribution >= 4 is 42.3 Å². The summed E-state index contributed by atoms with van der Waals surface area (Å²) in [6, 6.07) is 14.6. The standard InChI is InChI=1S/C35H27N5O10.ClH/c41-31(23-6-1-11-36-16-23)46-21-28(48-33(43)25-8-3-13-38-18-25)30(50-35(45)27-10-5-15-40-20-27)29(49-34(44)26-9-4-14-39-19-26)22-47-32(42)24-7-2-12-37-17-24;/h1-20,28-30H,21-22H2;1H/t28-,29+,30?;. The molecule has 0 bridgehead atoms. The number of carbonyl (C=O) groups is 5. The van der Waals surface area contributed by atoms with Gasteiger partial charge in [-0.2, -0.15) is 0 Å². The number of hydrogen-bond acceptors (Lipinski definition) is 15. The van der Waals surface area contributed by atoms with Crippen molar-refractivity contribution in [1.29, 1.82) is 0 Å². The normalized spacial score (nSPS) is 12.1. The first-order valence-corrected chi connectivity index (χ1v) is 14.9. The van der Waals surface area contributed by atoms with Crippen molar-refractivity contribution in [1.82, 2.24) is 24.9 Å². The van der Waals surface area contributed by atoms with Crippen LogP contribution in [0.15, 0.2) is 123 Å². The lowest BCUT2D eigenvalue weighted by atomic mass is 10.1. The molecule has 0 saturated heterocycles. The van der Waals surface area contributed by atoms with E-state index in [0.717, 1.165) is 0 Å². The number of esters is 5. The summed E-state index contributed by atoms with van der Waals surface area (Å²) in [7, 11) is 0. The van der Waals surface area contributed by atoms with Crippen LogP contribution in [0.2, 0.25) is 0 Å². The molecule has 0 radical (unpaired) electrons. The predicted molar refractivity (Wildman–Crippen MR) is 177 cm³/mol. The van der Waals surface area contributed by atoms with Crippen LogP contribution in [0.5, 0.6) is 0 Å². The van der Waals surface area contributed by atoms with E-state index in [0.29, 0.717) is 0 Å². The first-order chi connectivity index (χ1) is 24.4. The Morgan fingerprint density at radius 3 is 0.980 bits per heavy atom. The van der Waals surface area contributed by atoms with Crippen LogP contribution >= 0.6 is 12.4 Å². The molecule has 0 saturated carbocycles. The number of carbonyl (C=O) groups excluding carboxylic acids is 5. The number of pyridine rings is 5. The van der Waals surface area contributed by atoms with Crippen LogP contribution in [-0.2, 0) is 23.7 Å². The molecular weight excluding hydrogens is 686 g/mol. The minimum atomic E-state index is -1.76. The number of aromatic nitrogens is 5. The van der Waals surface area contributed by atoms with Gasteiger partial charge < -0.3 is 23.7 Å². The van der Waals surface area contributed by atoms with Gasteiger partial charge in [0.15, 0.2) is 18.3 Å². The van der Waals surface area contributed by atoms with E-state index < -0.39 is 61.4 Å². The zero-order valence-electron chi connectivity index (χ0n) is 26.4. The minimum Gasteiger partial charge on any atom is -0.458 e. The van der Waals surface area contributed by atoms with Gasteiger partial charge in [-0.05, 0) is 60.7 Å². The molecule has 0 aliphatic carbocycles. The maximum absolute atomic E-state index is 13.5. The van der Waals surface area contributed by atoms with Crippen molar-refractivity contribution in [3.8, 4) is 0 Å². The van der Waals surface area contributed by atoms with Gasteiger partial charge in [-0.25, -0.2) is 24.0 Å². The lowest BCUT2D eigenvalue weighted by Crippen LogP contribution is -2.50. The second kappa shape index (κ2) is 18.8. The lowest BCUT2D eigenvalue weighted by Gasteiger charge is -2.32. The van der Waals surface area contributed by atoms with E-state index in [9.17, 15) is 24.0 Å². The Hall–Kier alpha value is -6.61. The molecule has 16 heteroatoms. The molecule has 5 heterocycles. The van der Waals surface area contributed by atoms with Gasteiger partial charge in [0.25, 0.3) is 0 Å². The maximum atomic E-state index is 13.5. The molecule has 0 spiro atoms. The zero-order chi connectivity index (χ0) is 35.1.